The molecule has 0 aromatic heterocycles. The lowest BCUT2D eigenvalue weighted by molar-refractivity contribution is -0.362. The lowest BCUT2D eigenvalue weighted by atomic mass is 9.59. The number of ether oxygens (including phenoxy) is 3. The Morgan fingerprint density at radius 3 is 1.89 bits per heavy atom. The summed E-state index contributed by atoms with van der Waals surface area (Å²) < 4.78 is 161. The smallest absolute Gasteiger partial charge is 0.438 e. The van der Waals surface area contributed by atoms with E-state index in [1.165, 1.54) is 0 Å². The van der Waals surface area contributed by atoms with Crippen molar-refractivity contribution in [2.45, 2.75) is 65.9 Å². The number of benzene rings is 2. The average Bonchev–Trinajstić information content (AvgIpc) is 3.58. The number of hydrogen-bond donors (Lipinski definition) is 1. The van der Waals surface area contributed by atoms with Crippen LogP contribution in [0.2, 0.25) is 0 Å². The van der Waals surface area contributed by atoms with Crippen molar-refractivity contribution in [2.75, 3.05) is 5.75 Å². The summed E-state index contributed by atoms with van der Waals surface area (Å²) in [4.78, 5) is 27.0. The van der Waals surface area contributed by atoms with Gasteiger partial charge >= 0.3 is 29.9 Å². The van der Waals surface area contributed by atoms with Crippen LogP contribution in [0.25, 0.3) is 0 Å². The van der Waals surface area contributed by atoms with Crippen molar-refractivity contribution >= 4 is 32.2 Å². The number of carbonyl (C=O) groups excluding carboxylic acids is 2. The third kappa shape index (κ3) is 4.71. The number of carbonyl (C=O) groups is 2. The fourth-order valence-electron chi connectivity index (χ4n) is 7.79. The third-order valence-corrected chi connectivity index (χ3v) is 12.1. The molecule has 8 rings (SSSR count). The Morgan fingerprint density at radius 2 is 1.38 bits per heavy atom. The monoisotopic (exact) mass is 712 g/mol. The van der Waals surface area contributed by atoms with E-state index in [0.29, 0.717) is 0 Å². The van der Waals surface area contributed by atoms with Crippen LogP contribution in [-0.4, -0.2) is 86.7 Å². The molecule has 0 amide bonds. The van der Waals surface area contributed by atoms with E-state index in [1.54, 1.807) is 12.1 Å². The van der Waals surface area contributed by atoms with Crippen LogP contribution in [0.5, 0.6) is 0 Å². The second-order valence-electron chi connectivity index (χ2n) is 12.1. The van der Waals surface area contributed by atoms with Gasteiger partial charge in [-0.1, -0.05) is 48.5 Å². The lowest BCUT2D eigenvalue weighted by Crippen LogP contribution is -2.64. The molecule has 6 aliphatic rings. The molecule has 2 aromatic rings. The van der Waals surface area contributed by atoms with Crippen molar-refractivity contribution in [3.8, 4) is 0 Å². The second-order valence-corrected chi connectivity index (χ2v) is 15.3. The molecule has 3 saturated heterocycles. The molecule has 11 nitrogen and oxygen atoms in total. The Morgan fingerprint density at radius 1 is 0.851 bits per heavy atom. The Bertz CT molecular complexity index is 1830. The van der Waals surface area contributed by atoms with Gasteiger partial charge in [0.25, 0.3) is 20.2 Å². The Labute approximate surface area is 262 Å². The summed E-state index contributed by atoms with van der Waals surface area (Å²) in [5, 5.41) is -2.16. The zero-order chi connectivity index (χ0) is 34.1. The van der Waals surface area contributed by atoms with Crippen molar-refractivity contribution in [1.29, 1.82) is 0 Å². The standard InChI is InChI=1S/C28H22F6O11S2/c29-27(30,31)26(28(32,33)34,10-46(37,38)39)44-25(36)18-19-20(21-22(42-19)23(18)47(40,41)45-21)43-24(35)16-9-15-11-5-1-3-7-13(11)17(16)14-8-4-2-6-12(14)15/h1-8,15-23H,9-10H2,(H,37,38,39). The molecule has 0 saturated carbocycles. The van der Waals surface area contributed by atoms with E-state index >= 15 is 0 Å². The first kappa shape index (κ1) is 32.3. The number of hydrogen-bond acceptors (Lipinski definition) is 10. The highest BCUT2D eigenvalue weighted by Gasteiger charge is 2.79. The maximum absolute atomic E-state index is 13.9. The Balaban J connectivity index is 1.21. The molecule has 0 radical (unpaired) electrons. The second kappa shape index (κ2) is 10.1. The van der Waals surface area contributed by atoms with E-state index in [4.69, 9.17) is 18.2 Å². The predicted octanol–water partition coefficient (Wildman–Crippen LogP) is 2.98. The Kier molecular flexibility index (Phi) is 6.96. The predicted molar refractivity (Wildman–Crippen MR) is 142 cm³/mol. The maximum Gasteiger partial charge on any atom is 0.438 e. The van der Waals surface area contributed by atoms with Gasteiger partial charge in [-0.3, -0.25) is 18.3 Å². The van der Waals surface area contributed by atoms with Crippen LogP contribution in [0.3, 0.4) is 0 Å². The van der Waals surface area contributed by atoms with Crippen molar-refractivity contribution in [3.63, 3.8) is 0 Å². The SMILES string of the molecule is O=C(OC1C2OS(=O)(=O)C3C2OC1C3C(=O)OC(CS(=O)(=O)O)(C(F)(F)F)C(F)(F)F)C1CC2c3ccccc3C1c1ccccc12. The van der Waals surface area contributed by atoms with Crippen molar-refractivity contribution < 1.29 is 75.7 Å². The summed E-state index contributed by atoms with van der Waals surface area (Å²) in [5.74, 6) is -10.6. The number of alkyl halides is 6. The van der Waals surface area contributed by atoms with Crippen LogP contribution in [0, 0.1) is 11.8 Å². The minimum absolute atomic E-state index is 0.225. The van der Waals surface area contributed by atoms with Gasteiger partial charge in [-0.05, 0) is 28.7 Å². The fourth-order valence-corrected chi connectivity index (χ4v) is 10.5. The molecule has 7 atom stereocenters. The quantitative estimate of drug-likeness (QED) is 0.203. The van der Waals surface area contributed by atoms with Crippen molar-refractivity contribution in [1.82, 2.24) is 0 Å². The number of rotatable bonds is 6. The summed E-state index contributed by atoms with van der Waals surface area (Å²) in [5.41, 5.74) is -2.14. The zero-order valence-corrected chi connectivity index (χ0v) is 25.0. The molecule has 254 valence electrons. The van der Waals surface area contributed by atoms with Crippen LogP contribution in [-0.2, 0) is 48.2 Å². The number of halogens is 6. The van der Waals surface area contributed by atoms with Gasteiger partial charge in [-0.15, -0.1) is 0 Å². The summed E-state index contributed by atoms with van der Waals surface area (Å²) >= 11 is 0. The first-order chi connectivity index (χ1) is 21.8. The highest BCUT2D eigenvalue weighted by atomic mass is 32.2. The topological polar surface area (TPSA) is 160 Å². The molecule has 47 heavy (non-hydrogen) atoms. The van der Waals surface area contributed by atoms with Gasteiger partial charge in [-0.2, -0.15) is 43.2 Å². The van der Waals surface area contributed by atoms with E-state index < -0.39 is 103 Å². The molecule has 19 heteroatoms. The normalized spacial score (nSPS) is 33.3. The van der Waals surface area contributed by atoms with Gasteiger partial charge in [0.05, 0.1) is 5.92 Å². The van der Waals surface area contributed by atoms with Gasteiger partial charge in [0.15, 0.2) is 6.10 Å². The van der Waals surface area contributed by atoms with Crippen LogP contribution in [0.1, 0.15) is 40.5 Å². The molecule has 3 aliphatic heterocycles. The highest BCUT2D eigenvalue weighted by molar-refractivity contribution is 7.87. The molecule has 7 unspecified atom stereocenters. The third-order valence-electron chi connectivity index (χ3n) is 9.60. The van der Waals surface area contributed by atoms with Gasteiger partial charge in [0.2, 0.25) is 0 Å². The first-order valence-corrected chi connectivity index (χ1v) is 17.1. The van der Waals surface area contributed by atoms with E-state index in [9.17, 15) is 52.8 Å². The minimum Gasteiger partial charge on any atom is -0.456 e. The fraction of sp³-hybridized carbons (Fsp3) is 0.500. The number of esters is 2. The van der Waals surface area contributed by atoms with Crippen LogP contribution >= 0.6 is 0 Å². The molecule has 2 aromatic carbocycles. The van der Waals surface area contributed by atoms with Gasteiger partial charge in [0, 0.05) is 11.8 Å². The minimum atomic E-state index is -6.65. The van der Waals surface area contributed by atoms with E-state index in [2.05, 4.69) is 4.74 Å². The summed E-state index contributed by atoms with van der Waals surface area (Å²) in [6, 6.07) is 14.8. The molecule has 0 spiro atoms. The van der Waals surface area contributed by atoms with E-state index in [-0.39, 0.29) is 12.3 Å². The van der Waals surface area contributed by atoms with Crippen molar-refractivity contribution in [2.24, 2.45) is 11.8 Å². The largest absolute Gasteiger partial charge is 0.456 e. The van der Waals surface area contributed by atoms with E-state index in [1.807, 2.05) is 36.4 Å². The molecule has 1 N–H and O–H groups in total. The van der Waals surface area contributed by atoms with Crippen LogP contribution in [0.15, 0.2) is 48.5 Å². The summed E-state index contributed by atoms with van der Waals surface area (Å²) in [7, 11) is -11.0. The summed E-state index contributed by atoms with van der Waals surface area (Å²) in [6.07, 6.45) is -20.0. The lowest BCUT2D eigenvalue weighted by Gasteiger charge is -2.44. The molecule has 3 fully saturated rings. The zero-order valence-electron chi connectivity index (χ0n) is 23.3. The van der Waals surface area contributed by atoms with Gasteiger partial charge < -0.3 is 14.2 Å². The summed E-state index contributed by atoms with van der Waals surface area (Å²) in [6.45, 7) is 0. The first-order valence-electron chi connectivity index (χ1n) is 14.0. The molecule has 3 heterocycles. The van der Waals surface area contributed by atoms with E-state index in [0.717, 1.165) is 22.3 Å². The molecular formula is C28H22F6O11S2. The van der Waals surface area contributed by atoms with Gasteiger partial charge in [-0.25, -0.2) is 0 Å². The van der Waals surface area contributed by atoms with Gasteiger partial charge in [0.1, 0.15) is 35.2 Å². The molecular weight excluding hydrogens is 690 g/mol. The highest BCUT2D eigenvalue weighted by Crippen LogP contribution is 2.57. The maximum atomic E-state index is 13.9. The molecule has 3 aliphatic carbocycles. The number of fused-ring (bicyclic) bond motifs is 2. The Hall–Kier alpha value is -3.26. The van der Waals surface area contributed by atoms with Crippen LogP contribution < -0.4 is 0 Å². The average molecular weight is 713 g/mol. The van der Waals surface area contributed by atoms with Crippen LogP contribution in [0.4, 0.5) is 26.3 Å². The van der Waals surface area contributed by atoms with Crippen molar-refractivity contribution in [3.05, 3.63) is 70.8 Å². The molecule has 4 bridgehead atoms.